The van der Waals surface area contributed by atoms with Crippen molar-refractivity contribution < 1.29 is 14.7 Å². The van der Waals surface area contributed by atoms with Gasteiger partial charge >= 0.3 is 5.97 Å². The van der Waals surface area contributed by atoms with Crippen LogP contribution in [0.4, 0.5) is 0 Å². The lowest BCUT2D eigenvalue weighted by Crippen LogP contribution is -2.39. The summed E-state index contributed by atoms with van der Waals surface area (Å²) in [6.07, 6.45) is 0.525. The fourth-order valence-electron chi connectivity index (χ4n) is 2.36. The minimum Gasteiger partial charge on any atom is -0.481 e. The van der Waals surface area contributed by atoms with Gasteiger partial charge in [-0.1, -0.05) is 50.6 Å². The van der Waals surface area contributed by atoms with Gasteiger partial charge in [0.2, 0.25) is 5.91 Å². The molecule has 22 heavy (non-hydrogen) atoms. The molecule has 0 aliphatic rings. The minimum absolute atomic E-state index is 0.0186. The number of carbonyl (C=O) groups excluding carboxylic acids is 1. The number of halogens is 1. The van der Waals surface area contributed by atoms with Gasteiger partial charge in [0.05, 0.1) is 6.42 Å². The number of carbonyl (C=O) groups is 2. The van der Waals surface area contributed by atoms with Crippen LogP contribution in [0.5, 0.6) is 0 Å². The molecule has 0 fully saturated rings. The molecule has 0 aromatic heterocycles. The van der Waals surface area contributed by atoms with Crippen LogP contribution in [-0.4, -0.2) is 35.0 Å². The van der Waals surface area contributed by atoms with Gasteiger partial charge < -0.3 is 10.0 Å². The zero-order valence-corrected chi connectivity index (χ0v) is 14.1. The van der Waals surface area contributed by atoms with Gasteiger partial charge in [0.25, 0.3) is 0 Å². The predicted octanol–water partition coefficient (Wildman–Crippen LogP) is 3.48. The Labute approximate surface area is 137 Å². The lowest BCUT2D eigenvalue weighted by molar-refractivity contribution is -0.139. The van der Waals surface area contributed by atoms with Crippen molar-refractivity contribution in [2.45, 2.75) is 33.6 Å². The highest BCUT2D eigenvalue weighted by Gasteiger charge is 2.22. The average Bonchev–Trinajstić information content (AvgIpc) is 2.44. The molecular weight excluding hydrogens is 302 g/mol. The Morgan fingerprint density at radius 1 is 1.23 bits per heavy atom. The van der Waals surface area contributed by atoms with Crippen LogP contribution in [0.2, 0.25) is 5.02 Å². The van der Waals surface area contributed by atoms with Crippen LogP contribution in [0.25, 0.3) is 0 Å². The first-order chi connectivity index (χ1) is 10.3. The summed E-state index contributed by atoms with van der Waals surface area (Å²) in [6, 6.07) is 7.48. The molecule has 0 spiro atoms. The molecular formula is C17H24ClNO3. The molecule has 5 heteroatoms. The van der Waals surface area contributed by atoms with E-state index in [1.807, 2.05) is 45.0 Å². The third-order valence-corrected chi connectivity index (χ3v) is 3.77. The van der Waals surface area contributed by atoms with Crippen LogP contribution in [-0.2, 0) is 16.0 Å². The smallest absolute Gasteiger partial charge is 0.305 e. The average molecular weight is 326 g/mol. The number of rotatable bonds is 8. The number of aliphatic carboxylic acids is 1. The van der Waals surface area contributed by atoms with Crippen molar-refractivity contribution in [2.24, 2.45) is 11.8 Å². The molecule has 1 atom stereocenters. The van der Waals surface area contributed by atoms with Crippen LogP contribution in [0.15, 0.2) is 24.3 Å². The van der Waals surface area contributed by atoms with Gasteiger partial charge in [0.15, 0.2) is 0 Å². The van der Waals surface area contributed by atoms with Crippen LogP contribution in [0.3, 0.4) is 0 Å². The van der Waals surface area contributed by atoms with E-state index in [9.17, 15) is 9.59 Å². The Morgan fingerprint density at radius 2 is 1.86 bits per heavy atom. The van der Waals surface area contributed by atoms with Gasteiger partial charge in [-0.15, -0.1) is 0 Å². The fourth-order valence-corrected chi connectivity index (χ4v) is 2.57. The Balaban J connectivity index is 2.74. The summed E-state index contributed by atoms with van der Waals surface area (Å²) < 4.78 is 0. The molecule has 1 unspecified atom stereocenters. The Bertz CT molecular complexity index is 516. The van der Waals surface area contributed by atoms with E-state index in [4.69, 9.17) is 16.7 Å². The standard InChI is InChI=1S/C17H24ClNO3/c1-12(2)11-19(9-8-16(20)21)17(22)13(3)10-14-6-4-5-7-15(14)18/h4-7,12-13H,8-11H2,1-3H3,(H,20,21). The van der Waals surface area contributed by atoms with Crippen LogP contribution < -0.4 is 0 Å². The van der Waals surface area contributed by atoms with Crippen LogP contribution in [0, 0.1) is 11.8 Å². The molecule has 122 valence electrons. The van der Waals surface area contributed by atoms with E-state index < -0.39 is 5.97 Å². The molecule has 0 aliphatic heterocycles. The van der Waals surface area contributed by atoms with Crippen molar-refractivity contribution >= 4 is 23.5 Å². The molecule has 0 saturated carbocycles. The molecule has 0 aliphatic carbocycles. The summed E-state index contributed by atoms with van der Waals surface area (Å²) >= 11 is 6.14. The number of hydrogen-bond acceptors (Lipinski definition) is 2. The molecule has 4 nitrogen and oxygen atoms in total. The largest absolute Gasteiger partial charge is 0.481 e. The molecule has 0 bridgehead atoms. The number of benzene rings is 1. The van der Waals surface area contributed by atoms with E-state index in [0.717, 1.165) is 5.56 Å². The maximum atomic E-state index is 12.6. The van der Waals surface area contributed by atoms with Crippen molar-refractivity contribution in [3.05, 3.63) is 34.9 Å². The van der Waals surface area contributed by atoms with Gasteiger partial charge in [0.1, 0.15) is 0 Å². The number of carboxylic acids is 1. The topological polar surface area (TPSA) is 57.6 Å². The van der Waals surface area contributed by atoms with Crippen molar-refractivity contribution in [2.75, 3.05) is 13.1 Å². The third kappa shape index (κ3) is 6.06. The van der Waals surface area contributed by atoms with Gasteiger partial charge in [-0.3, -0.25) is 9.59 Å². The number of hydrogen-bond donors (Lipinski definition) is 1. The Kier molecular flexibility index (Phi) is 7.39. The molecule has 1 N–H and O–H groups in total. The summed E-state index contributed by atoms with van der Waals surface area (Å²) in [6.45, 7) is 6.71. The molecule has 1 rings (SSSR count). The van der Waals surface area contributed by atoms with Crippen LogP contribution >= 0.6 is 11.6 Å². The summed E-state index contributed by atoms with van der Waals surface area (Å²) in [4.78, 5) is 25.0. The van der Waals surface area contributed by atoms with E-state index in [2.05, 4.69) is 0 Å². The van der Waals surface area contributed by atoms with E-state index >= 15 is 0 Å². The van der Waals surface area contributed by atoms with Crippen molar-refractivity contribution in [3.8, 4) is 0 Å². The zero-order chi connectivity index (χ0) is 16.7. The van der Waals surface area contributed by atoms with E-state index in [-0.39, 0.29) is 24.8 Å². The lowest BCUT2D eigenvalue weighted by Gasteiger charge is -2.27. The van der Waals surface area contributed by atoms with Gasteiger partial charge in [-0.25, -0.2) is 0 Å². The second-order valence-electron chi connectivity index (χ2n) is 6.02. The molecule has 1 aromatic carbocycles. The minimum atomic E-state index is -0.889. The second-order valence-corrected chi connectivity index (χ2v) is 6.43. The maximum absolute atomic E-state index is 12.6. The highest BCUT2D eigenvalue weighted by atomic mass is 35.5. The molecule has 0 radical (unpaired) electrons. The first-order valence-electron chi connectivity index (χ1n) is 7.55. The molecule has 0 heterocycles. The maximum Gasteiger partial charge on any atom is 0.305 e. The quantitative estimate of drug-likeness (QED) is 0.796. The fraction of sp³-hybridized carbons (Fsp3) is 0.529. The lowest BCUT2D eigenvalue weighted by atomic mass is 9.99. The van der Waals surface area contributed by atoms with Crippen molar-refractivity contribution in [1.29, 1.82) is 0 Å². The van der Waals surface area contributed by atoms with Gasteiger partial charge in [0, 0.05) is 24.0 Å². The summed E-state index contributed by atoms with van der Waals surface area (Å²) in [5.74, 6) is -0.840. The van der Waals surface area contributed by atoms with Gasteiger partial charge in [-0.05, 0) is 24.0 Å². The SMILES string of the molecule is CC(C)CN(CCC(=O)O)C(=O)C(C)Cc1ccccc1Cl. The summed E-state index contributed by atoms with van der Waals surface area (Å²) in [5.41, 5.74) is 0.938. The second kappa shape index (κ2) is 8.79. The zero-order valence-electron chi connectivity index (χ0n) is 13.4. The Morgan fingerprint density at radius 3 is 2.41 bits per heavy atom. The first-order valence-corrected chi connectivity index (χ1v) is 7.93. The number of nitrogens with zero attached hydrogens (tertiary/aromatic N) is 1. The number of amides is 1. The van der Waals surface area contributed by atoms with Crippen LogP contribution in [0.1, 0.15) is 32.8 Å². The van der Waals surface area contributed by atoms with E-state index in [1.54, 1.807) is 4.90 Å². The Hall–Kier alpha value is -1.55. The third-order valence-electron chi connectivity index (χ3n) is 3.40. The molecule has 1 aromatic rings. The van der Waals surface area contributed by atoms with E-state index in [0.29, 0.717) is 23.9 Å². The normalized spacial score (nSPS) is 12.2. The highest BCUT2D eigenvalue weighted by molar-refractivity contribution is 6.31. The highest BCUT2D eigenvalue weighted by Crippen LogP contribution is 2.20. The molecule has 0 saturated heterocycles. The van der Waals surface area contributed by atoms with Gasteiger partial charge in [-0.2, -0.15) is 0 Å². The monoisotopic (exact) mass is 325 g/mol. The van der Waals surface area contributed by atoms with Crippen molar-refractivity contribution in [3.63, 3.8) is 0 Å². The first kappa shape index (κ1) is 18.5. The summed E-state index contributed by atoms with van der Waals surface area (Å²) in [7, 11) is 0. The summed E-state index contributed by atoms with van der Waals surface area (Å²) in [5, 5.41) is 9.49. The predicted molar refractivity (Wildman–Crippen MR) is 88.0 cm³/mol. The van der Waals surface area contributed by atoms with E-state index in [1.165, 1.54) is 0 Å². The van der Waals surface area contributed by atoms with Crippen molar-refractivity contribution in [1.82, 2.24) is 4.90 Å². The number of carboxylic acid groups (broad SMARTS) is 1. The molecule has 1 amide bonds.